The molecular weight excluding hydrogens is 226 g/mol. The summed E-state index contributed by atoms with van der Waals surface area (Å²) in [4.78, 5) is 4.57. The zero-order valence-electron chi connectivity index (χ0n) is 10.3. The third-order valence-electron chi connectivity index (χ3n) is 2.68. The molecule has 18 heavy (non-hydrogen) atoms. The quantitative estimate of drug-likeness (QED) is 0.816. The number of nitrogens with one attached hydrogen (secondary N) is 1. The standard InChI is InChI=1S/C14H15N3O/c1-18-13-5-2-4-11-6-7-12(17-14(11)13)10-16-9-3-8-15/h2,4-7,16H,3,9-10H2,1H3. The van der Waals surface area contributed by atoms with Crippen molar-refractivity contribution in [3.05, 3.63) is 36.0 Å². The third kappa shape index (κ3) is 2.76. The largest absolute Gasteiger partial charge is 0.494 e. The molecule has 2 aromatic rings. The van der Waals surface area contributed by atoms with E-state index in [4.69, 9.17) is 10.00 Å². The van der Waals surface area contributed by atoms with Gasteiger partial charge in [-0.3, -0.25) is 0 Å². The number of hydrogen-bond acceptors (Lipinski definition) is 4. The summed E-state index contributed by atoms with van der Waals surface area (Å²) < 4.78 is 5.30. The number of benzene rings is 1. The van der Waals surface area contributed by atoms with Crippen molar-refractivity contribution < 1.29 is 4.74 Å². The third-order valence-corrected chi connectivity index (χ3v) is 2.68. The van der Waals surface area contributed by atoms with Gasteiger partial charge in [0.05, 0.1) is 18.9 Å². The summed E-state index contributed by atoms with van der Waals surface area (Å²) in [5.74, 6) is 0.784. The van der Waals surface area contributed by atoms with Gasteiger partial charge in [0.15, 0.2) is 0 Å². The van der Waals surface area contributed by atoms with E-state index in [0.717, 1.165) is 22.3 Å². The summed E-state index contributed by atoms with van der Waals surface area (Å²) in [6.07, 6.45) is 0.511. The molecule has 0 atom stereocenters. The zero-order chi connectivity index (χ0) is 12.8. The molecule has 4 heteroatoms. The van der Waals surface area contributed by atoms with Gasteiger partial charge in [-0.2, -0.15) is 5.26 Å². The maximum atomic E-state index is 8.45. The van der Waals surface area contributed by atoms with Gasteiger partial charge in [-0.05, 0) is 12.1 Å². The molecule has 0 bridgehead atoms. The number of fused-ring (bicyclic) bond motifs is 1. The minimum absolute atomic E-state index is 0.511. The fourth-order valence-electron chi connectivity index (χ4n) is 1.78. The molecule has 4 nitrogen and oxygen atoms in total. The van der Waals surface area contributed by atoms with Crippen molar-refractivity contribution in [2.45, 2.75) is 13.0 Å². The highest BCUT2D eigenvalue weighted by Gasteiger charge is 2.03. The molecule has 0 amide bonds. The van der Waals surface area contributed by atoms with E-state index < -0.39 is 0 Å². The van der Waals surface area contributed by atoms with Gasteiger partial charge in [0, 0.05) is 24.9 Å². The van der Waals surface area contributed by atoms with Gasteiger partial charge < -0.3 is 10.1 Å². The number of aromatic nitrogens is 1. The minimum atomic E-state index is 0.511. The van der Waals surface area contributed by atoms with Gasteiger partial charge in [0.1, 0.15) is 11.3 Å². The second-order valence-corrected chi connectivity index (χ2v) is 3.92. The predicted octanol–water partition coefficient (Wildman–Crippen LogP) is 2.25. The molecule has 0 aliphatic carbocycles. The summed E-state index contributed by atoms with van der Waals surface area (Å²) in [7, 11) is 1.65. The Bertz CT molecular complexity index is 575. The Morgan fingerprint density at radius 3 is 3.00 bits per heavy atom. The van der Waals surface area contributed by atoms with E-state index in [1.54, 1.807) is 7.11 Å². The smallest absolute Gasteiger partial charge is 0.145 e. The molecule has 1 N–H and O–H groups in total. The van der Waals surface area contributed by atoms with Crippen LogP contribution in [0.1, 0.15) is 12.1 Å². The Hall–Kier alpha value is -2.12. The summed E-state index contributed by atoms with van der Waals surface area (Å²) in [6, 6.07) is 12.0. The SMILES string of the molecule is COc1cccc2ccc(CNCCC#N)nc12. The molecule has 0 spiro atoms. The number of nitrogens with zero attached hydrogens (tertiary/aromatic N) is 2. The molecule has 0 unspecified atom stereocenters. The molecular formula is C14H15N3O. The highest BCUT2D eigenvalue weighted by atomic mass is 16.5. The van der Waals surface area contributed by atoms with Crippen LogP contribution in [0.25, 0.3) is 10.9 Å². The molecule has 0 radical (unpaired) electrons. The number of pyridine rings is 1. The van der Waals surface area contributed by atoms with Crippen LogP contribution in [0.4, 0.5) is 0 Å². The topological polar surface area (TPSA) is 57.9 Å². The number of methoxy groups -OCH3 is 1. The lowest BCUT2D eigenvalue weighted by Crippen LogP contribution is -2.15. The maximum Gasteiger partial charge on any atom is 0.145 e. The number of nitriles is 1. The van der Waals surface area contributed by atoms with Gasteiger partial charge in [-0.15, -0.1) is 0 Å². The van der Waals surface area contributed by atoms with E-state index >= 15 is 0 Å². The van der Waals surface area contributed by atoms with Gasteiger partial charge in [-0.1, -0.05) is 18.2 Å². The van der Waals surface area contributed by atoms with Crippen LogP contribution >= 0.6 is 0 Å². The predicted molar refractivity (Wildman–Crippen MR) is 70.2 cm³/mol. The Labute approximate surface area is 106 Å². The Morgan fingerprint density at radius 1 is 1.33 bits per heavy atom. The number of rotatable bonds is 5. The van der Waals surface area contributed by atoms with E-state index in [1.807, 2.05) is 30.3 Å². The first-order chi connectivity index (χ1) is 8.85. The molecule has 1 aromatic heterocycles. The van der Waals surface area contributed by atoms with Gasteiger partial charge in [0.2, 0.25) is 0 Å². The first-order valence-corrected chi connectivity index (χ1v) is 5.85. The first-order valence-electron chi connectivity index (χ1n) is 5.85. The normalized spacial score (nSPS) is 10.2. The lowest BCUT2D eigenvalue weighted by Gasteiger charge is -2.07. The van der Waals surface area contributed by atoms with E-state index in [0.29, 0.717) is 19.5 Å². The van der Waals surface area contributed by atoms with Crippen molar-refractivity contribution in [2.75, 3.05) is 13.7 Å². The molecule has 1 heterocycles. The van der Waals surface area contributed by atoms with Crippen molar-refractivity contribution in [3.8, 4) is 11.8 Å². The number of para-hydroxylation sites is 1. The van der Waals surface area contributed by atoms with E-state index in [-0.39, 0.29) is 0 Å². The van der Waals surface area contributed by atoms with Crippen LogP contribution in [-0.4, -0.2) is 18.6 Å². The second-order valence-electron chi connectivity index (χ2n) is 3.92. The van der Waals surface area contributed by atoms with Gasteiger partial charge in [-0.25, -0.2) is 4.98 Å². The molecule has 0 saturated carbocycles. The number of ether oxygens (including phenoxy) is 1. The van der Waals surface area contributed by atoms with Crippen LogP contribution in [-0.2, 0) is 6.54 Å². The average Bonchev–Trinajstić information content (AvgIpc) is 2.43. The number of hydrogen-bond donors (Lipinski definition) is 1. The van der Waals surface area contributed by atoms with Crippen molar-refractivity contribution >= 4 is 10.9 Å². The molecule has 2 rings (SSSR count). The summed E-state index contributed by atoms with van der Waals surface area (Å²) >= 11 is 0. The van der Waals surface area contributed by atoms with Crippen molar-refractivity contribution in [2.24, 2.45) is 0 Å². The van der Waals surface area contributed by atoms with Crippen LogP contribution in [0.15, 0.2) is 30.3 Å². The molecule has 0 fully saturated rings. The molecule has 1 aromatic carbocycles. The lowest BCUT2D eigenvalue weighted by molar-refractivity contribution is 0.418. The highest BCUT2D eigenvalue weighted by Crippen LogP contribution is 2.23. The summed E-state index contributed by atoms with van der Waals surface area (Å²) in [5, 5.41) is 12.7. The van der Waals surface area contributed by atoms with E-state index in [9.17, 15) is 0 Å². The first kappa shape index (κ1) is 12.3. The van der Waals surface area contributed by atoms with E-state index in [1.165, 1.54) is 0 Å². The van der Waals surface area contributed by atoms with Crippen LogP contribution in [0.2, 0.25) is 0 Å². The second kappa shape index (κ2) is 5.99. The zero-order valence-corrected chi connectivity index (χ0v) is 10.3. The van der Waals surface area contributed by atoms with Crippen LogP contribution < -0.4 is 10.1 Å². The highest BCUT2D eigenvalue weighted by molar-refractivity contribution is 5.84. The van der Waals surface area contributed by atoms with Crippen molar-refractivity contribution in [3.63, 3.8) is 0 Å². The maximum absolute atomic E-state index is 8.45. The summed E-state index contributed by atoms with van der Waals surface area (Å²) in [5.41, 5.74) is 1.82. The van der Waals surface area contributed by atoms with Crippen molar-refractivity contribution in [1.82, 2.24) is 10.3 Å². The molecule has 0 aliphatic rings. The van der Waals surface area contributed by atoms with Crippen LogP contribution in [0.3, 0.4) is 0 Å². The molecule has 0 saturated heterocycles. The van der Waals surface area contributed by atoms with Gasteiger partial charge >= 0.3 is 0 Å². The fraction of sp³-hybridized carbons (Fsp3) is 0.286. The monoisotopic (exact) mass is 241 g/mol. The average molecular weight is 241 g/mol. The molecule has 92 valence electrons. The van der Waals surface area contributed by atoms with Crippen LogP contribution in [0.5, 0.6) is 5.75 Å². The van der Waals surface area contributed by atoms with Gasteiger partial charge in [0.25, 0.3) is 0 Å². The Kier molecular flexibility index (Phi) is 4.11. The Balaban J connectivity index is 2.18. The molecule has 0 aliphatic heterocycles. The van der Waals surface area contributed by atoms with E-state index in [2.05, 4.69) is 16.4 Å². The van der Waals surface area contributed by atoms with Crippen LogP contribution in [0, 0.1) is 11.3 Å². The minimum Gasteiger partial charge on any atom is -0.494 e. The summed E-state index contributed by atoms with van der Waals surface area (Å²) in [6.45, 7) is 1.35. The Morgan fingerprint density at radius 2 is 2.22 bits per heavy atom. The lowest BCUT2D eigenvalue weighted by atomic mass is 10.2. The fourth-order valence-corrected chi connectivity index (χ4v) is 1.78. The van der Waals surface area contributed by atoms with Crippen molar-refractivity contribution in [1.29, 1.82) is 5.26 Å².